The minimum absolute atomic E-state index is 0.0179. The van der Waals surface area contributed by atoms with Gasteiger partial charge in [-0.25, -0.2) is 13.0 Å². The van der Waals surface area contributed by atoms with Crippen molar-refractivity contribution in [3.63, 3.8) is 0 Å². The van der Waals surface area contributed by atoms with Crippen molar-refractivity contribution in [2.24, 2.45) is 0 Å². The Morgan fingerprint density at radius 1 is 1.14 bits per heavy atom. The van der Waals surface area contributed by atoms with E-state index in [4.69, 9.17) is 23.2 Å². The number of aryl methyl sites for hydroxylation is 1. The summed E-state index contributed by atoms with van der Waals surface area (Å²) < 4.78 is 30.1. The molecule has 1 unspecified atom stereocenters. The lowest BCUT2D eigenvalue weighted by Crippen LogP contribution is -2.50. The van der Waals surface area contributed by atoms with Crippen molar-refractivity contribution in [1.82, 2.24) is 19.2 Å². The maximum Gasteiger partial charge on any atom is 0.434 e. The third-order valence-corrected chi connectivity index (χ3v) is 8.17. The van der Waals surface area contributed by atoms with Crippen LogP contribution >= 0.6 is 23.2 Å². The predicted molar refractivity (Wildman–Crippen MR) is 130 cm³/mol. The van der Waals surface area contributed by atoms with Gasteiger partial charge in [0.2, 0.25) is 15.9 Å². The van der Waals surface area contributed by atoms with E-state index in [2.05, 4.69) is 9.71 Å². The molecule has 13 heteroatoms. The lowest BCUT2D eigenvalue weighted by Gasteiger charge is -2.32. The summed E-state index contributed by atoms with van der Waals surface area (Å²) in [5.74, 6) is -0.853. The zero-order valence-electron chi connectivity index (χ0n) is 18.3. The smallest absolute Gasteiger partial charge is 0.390 e. The molecule has 0 aliphatic carbocycles. The monoisotopic (exact) mass is 537 g/mol. The standard InChI is InChI=1S/C22H21Cl2N5O5S/c23-17-6-3-7-18(24)20(17)35(33,34)26-19(9-12-27-13-10-25-22(27)29(31)32)21(30)28-11-8-15-4-1-2-5-16(15)14-28/h1-7,10,13,19,26H,8-9,11-12,14H2. The third kappa shape index (κ3) is 5.48. The molecule has 0 radical (unpaired) electrons. The first kappa shape index (κ1) is 25.1. The quantitative estimate of drug-likeness (QED) is 0.346. The first-order valence-corrected chi connectivity index (χ1v) is 12.9. The number of halogens is 2. The van der Waals surface area contributed by atoms with Crippen LogP contribution in [-0.4, -0.2) is 46.3 Å². The number of hydrogen-bond acceptors (Lipinski definition) is 6. The molecule has 1 amide bonds. The Labute approximate surface area is 211 Å². The first-order chi connectivity index (χ1) is 16.7. The van der Waals surface area contributed by atoms with Gasteiger partial charge >= 0.3 is 5.95 Å². The number of nitrogens with zero attached hydrogens (tertiary/aromatic N) is 4. The van der Waals surface area contributed by atoms with Crippen LogP contribution in [0.4, 0.5) is 5.95 Å². The summed E-state index contributed by atoms with van der Waals surface area (Å²) >= 11 is 12.2. The van der Waals surface area contributed by atoms with Crippen LogP contribution in [0.1, 0.15) is 17.5 Å². The second-order valence-corrected chi connectivity index (χ2v) is 10.4. The van der Waals surface area contributed by atoms with E-state index in [-0.39, 0.29) is 27.9 Å². The van der Waals surface area contributed by atoms with Gasteiger partial charge in [-0.3, -0.25) is 4.79 Å². The van der Waals surface area contributed by atoms with E-state index in [0.717, 1.165) is 11.1 Å². The van der Waals surface area contributed by atoms with Gasteiger partial charge in [0.1, 0.15) is 23.3 Å². The molecule has 184 valence electrons. The highest BCUT2D eigenvalue weighted by atomic mass is 35.5. The number of carbonyl (C=O) groups excluding carboxylic acids is 1. The van der Waals surface area contributed by atoms with Crippen molar-refractivity contribution in [1.29, 1.82) is 0 Å². The Morgan fingerprint density at radius 2 is 1.83 bits per heavy atom. The molecule has 35 heavy (non-hydrogen) atoms. The Hall–Kier alpha value is -2.99. The highest BCUT2D eigenvalue weighted by Crippen LogP contribution is 2.29. The van der Waals surface area contributed by atoms with Gasteiger partial charge in [-0.15, -0.1) is 0 Å². The van der Waals surface area contributed by atoms with E-state index in [9.17, 15) is 23.3 Å². The summed E-state index contributed by atoms with van der Waals surface area (Å²) in [6, 6.07) is 10.8. The number of fused-ring (bicyclic) bond motifs is 1. The second-order valence-electron chi connectivity index (χ2n) is 7.97. The van der Waals surface area contributed by atoms with Gasteiger partial charge in [0.15, 0.2) is 0 Å². The number of sulfonamides is 1. The molecule has 1 aliphatic heterocycles. The third-order valence-electron chi connectivity index (χ3n) is 5.74. The summed E-state index contributed by atoms with van der Waals surface area (Å²) in [5.41, 5.74) is 2.11. The highest BCUT2D eigenvalue weighted by Gasteiger charge is 2.33. The molecule has 1 aliphatic rings. The van der Waals surface area contributed by atoms with Crippen LogP contribution in [-0.2, 0) is 34.3 Å². The van der Waals surface area contributed by atoms with Crippen LogP contribution in [0.25, 0.3) is 0 Å². The Kier molecular flexibility index (Phi) is 7.41. The summed E-state index contributed by atoms with van der Waals surface area (Å²) in [6.07, 6.45) is 3.24. The van der Waals surface area contributed by atoms with E-state index in [0.29, 0.717) is 19.5 Å². The average molecular weight is 538 g/mol. The fraction of sp³-hybridized carbons (Fsp3) is 0.273. The molecular formula is C22H21Cl2N5O5S. The van der Waals surface area contributed by atoms with Crippen molar-refractivity contribution in [2.45, 2.75) is 36.9 Å². The lowest BCUT2D eigenvalue weighted by molar-refractivity contribution is -0.396. The first-order valence-electron chi connectivity index (χ1n) is 10.6. The van der Waals surface area contributed by atoms with Gasteiger partial charge in [-0.05, 0) is 34.6 Å². The minimum atomic E-state index is -4.30. The number of benzene rings is 2. The number of aromatic nitrogens is 2. The highest BCUT2D eigenvalue weighted by molar-refractivity contribution is 7.89. The van der Waals surface area contributed by atoms with Gasteiger partial charge < -0.3 is 15.0 Å². The topological polar surface area (TPSA) is 127 Å². The zero-order chi connectivity index (χ0) is 25.2. The molecule has 2 aromatic carbocycles. The fourth-order valence-corrected chi connectivity index (χ4v) is 6.41. The normalized spacial score (nSPS) is 14.4. The number of nitrogens with one attached hydrogen (secondary N) is 1. The van der Waals surface area contributed by atoms with Crippen LogP contribution in [0.2, 0.25) is 10.0 Å². The Morgan fingerprint density at radius 3 is 2.51 bits per heavy atom. The number of nitro groups is 1. The average Bonchev–Trinajstić information content (AvgIpc) is 3.30. The largest absolute Gasteiger partial charge is 0.434 e. The fourth-order valence-electron chi connectivity index (χ4n) is 4.04. The van der Waals surface area contributed by atoms with Crippen LogP contribution < -0.4 is 4.72 Å². The molecule has 4 rings (SSSR count). The molecule has 0 spiro atoms. The number of imidazole rings is 1. The van der Waals surface area contributed by atoms with Crippen molar-refractivity contribution < 1.29 is 18.1 Å². The van der Waals surface area contributed by atoms with Gasteiger partial charge in [0, 0.05) is 19.5 Å². The number of hydrogen-bond donors (Lipinski definition) is 1. The Bertz CT molecular complexity index is 1360. The molecular weight excluding hydrogens is 517 g/mol. The number of carbonyl (C=O) groups is 1. The summed E-state index contributed by atoms with van der Waals surface area (Å²) in [5, 5.41) is 11.0. The lowest BCUT2D eigenvalue weighted by atomic mass is 9.99. The Balaban J connectivity index is 1.62. The molecule has 10 nitrogen and oxygen atoms in total. The van der Waals surface area contributed by atoms with Gasteiger partial charge in [-0.2, -0.15) is 4.72 Å². The van der Waals surface area contributed by atoms with Gasteiger partial charge in [0.05, 0.1) is 16.6 Å². The number of rotatable bonds is 8. The van der Waals surface area contributed by atoms with Crippen LogP contribution in [0.5, 0.6) is 0 Å². The van der Waals surface area contributed by atoms with Crippen molar-refractivity contribution in [3.8, 4) is 0 Å². The van der Waals surface area contributed by atoms with Gasteiger partial charge in [0.25, 0.3) is 0 Å². The molecule has 0 saturated carbocycles. The van der Waals surface area contributed by atoms with E-state index < -0.39 is 32.8 Å². The SMILES string of the molecule is O=C(C(CCn1ccnc1[N+](=O)[O-])NS(=O)(=O)c1c(Cl)cccc1Cl)N1CCc2ccccc2C1. The maximum absolute atomic E-state index is 13.5. The zero-order valence-corrected chi connectivity index (χ0v) is 20.6. The molecule has 1 aromatic heterocycles. The molecule has 0 bridgehead atoms. The van der Waals surface area contributed by atoms with Crippen molar-refractivity contribution >= 4 is 45.1 Å². The molecule has 0 fully saturated rings. The molecule has 3 aromatic rings. The van der Waals surface area contributed by atoms with Crippen molar-refractivity contribution in [3.05, 3.63) is 86.1 Å². The predicted octanol–water partition coefficient (Wildman–Crippen LogP) is 3.42. The minimum Gasteiger partial charge on any atom is -0.390 e. The van der Waals surface area contributed by atoms with Crippen molar-refractivity contribution in [2.75, 3.05) is 6.54 Å². The van der Waals surface area contributed by atoms with Gasteiger partial charge in [-0.1, -0.05) is 58.5 Å². The van der Waals surface area contributed by atoms with E-state index in [1.807, 2.05) is 24.3 Å². The molecule has 0 saturated heterocycles. The van der Waals surface area contributed by atoms with E-state index in [1.165, 1.54) is 35.2 Å². The van der Waals surface area contributed by atoms with E-state index in [1.54, 1.807) is 4.90 Å². The summed E-state index contributed by atoms with van der Waals surface area (Å²) in [7, 11) is -4.30. The second kappa shape index (κ2) is 10.3. The van der Waals surface area contributed by atoms with Crippen LogP contribution in [0.15, 0.2) is 59.8 Å². The molecule has 1 N–H and O–H groups in total. The van der Waals surface area contributed by atoms with Crippen LogP contribution in [0, 0.1) is 10.1 Å². The molecule has 2 heterocycles. The molecule has 1 atom stereocenters. The number of amides is 1. The summed E-state index contributed by atoms with van der Waals surface area (Å²) in [6.45, 7) is 0.716. The summed E-state index contributed by atoms with van der Waals surface area (Å²) in [4.78, 5) is 29.0. The van der Waals surface area contributed by atoms with Crippen LogP contribution in [0.3, 0.4) is 0 Å². The maximum atomic E-state index is 13.5. The van der Waals surface area contributed by atoms with E-state index >= 15 is 0 Å².